The largest absolute Gasteiger partial charge is 0.506 e. The molecular formula is C18H13F2NO3. The minimum absolute atomic E-state index is 0.0328. The number of ether oxygens (including phenoxy) is 1. The van der Waals surface area contributed by atoms with E-state index in [2.05, 4.69) is 10.1 Å². The van der Waals surface area contributed by atoms with Crippen LogP contribution in [0.3, 0.4) is 0 Å². The first kappa shape index (κ1) is 15.7. The molecule has 2 N–H and O–H groups in total. The van der Waals surface area contributed by atoms with Gasteiger partial charge in [-0.25, -0.2) is 0 Å². The van der Waals surface area contributed by atoms with E-state index in [9.17, 15) is 18.7 Å². The molecule has 24 heavy (non-hydrogen) atoms. The molecule has 0 heterocycles. The lowest BCUT2D eigenvalue weighted by Crippen LogP contribution is -2.12. The van der Waals surface area contributed by atoms with E-state index in [1.807, 2.05) is 12.1 Å². The fourth-order valence-electron chi connectivity index (χ4n) is 2.36. The quantitative estimate of drug-likeness (QED) is 0.698. The van der Waals surface area contributed by atoms with E-state index >= 15 is 0 Å². The number of halogens is 2. The van der Waals surface area contributed by atoms with Crippen LogP contribution in [0.4, 0.5) is 14.5 Å². The van der Waals surface area contributed by atoms with Crippen LogP contribution in [-0.2, 0) is 0 Å². The van der Waals surface area contributed by atoms with Crippen molar-refractivity contribution in [2.75, 3.05) is 5.32 Å². The van der Waals surface area contributed by atoms with E-state index in [-0.39, 0.29) is 17.1 Å². The zero-order chi connectivity index (χ0) is 17.1. The second kappa shape index (κ2) is 6.54. The van der Waals surface area contributed by atoms with Crippen molar-refractivity contribution in [3.8, 4) is 11.5 Å². The number of nitrogens with one attached hydrogen (secondary N) is 1. The van der Waals surface area contributed by atoms with E-state index in [4.69, 9.17) is 0 Å². The van der Waals surface area contributed by atoms with Gasteiger partial charge >= 0.3 is 6.61 Å². The van der Waals surface area contributed by atoms with Gasteiger partial charge in [0.25, 0.3) is 5.91 Å². The van der Waals surface area contributed by atoms with E-state index in [0.29, 0.717) is 11.1 Å². The first-order valence-electron chi connectivity index (χ1n) is 7.11. The molecular weight excluding hydrogens is 316 g/mol. The second-order valence-corrected chi connectivity index (χ2v) is 5.04. The third kappa shape index (κ3) is 3.27. The number of phenols is 1. The number of fused-ring (bicyclic) bond motifs is 1. The van der Waals surface area contributed by atoms with Gasteiger partial charge in [-0.15, -0.1) is 0 Å². The zero-order valence-corrected chi connectivity index (χ0v) is 12.4. The highest BCUT2D eigenvalue weighted by Gasteiger charge is 2.13. The Morgan fingerprint density at radius 3 is 2.42 bits per heavy atom. The number of hydrogen-bond donors (Lipinski definition) is 2. The lowest BCUT2D eigenvalue weighted by molar-refractivity contribution is -0.0498. The van der Waals surface area contributed by atoms with Gasteiger partial charge in [0.1, 0.15) is 11.5 Å². The third-order valence-electron chi connectivity index (χ3n) is 3.49. The molecule has 4 nitrogen and oxygen atoms in total. The molecule has 0 aliphatic rings. The van der Waals surface area contributed by atoms with Crippen molar-refractivity contribution in [1.29, 1.82) is 0 Å². The van der Waals surface area contributed by atoms with Gasteiger partial charge in [0.15, 0.2) is 0 Å². The molecule has 0 aromatic heterocycles. The molecule has 0 fully saturated rings. The van der Waals surface area contributed by atoms with Crippen LogP contribution in [0.1, 0.15) is 10.4 Å². The van der Waals surface area contributed by atoms with E-state index in [1.54, 1.807) is 18.2 Å². The van der Waals surface area contributed by atoms with Crippen LogP contribution >= 0.6 is 0 Å². The summed E-state index contributed by atoms with van der Waals surface area (Å²) in [6, 6.07) is 15.8. The minimum atomic E-state index is -2.92. The predicted octanol–water partition coefficient (Wildman–Crippen LogP) is 4.40. The molecule has 0 saturated carbocycles. The summed E-state index contributed by atoms with van der Waals surface area (Å²) in [5.74, 6) is -0.556. The summed E-state index contributed by atoms with van der Waals surface area (Å²) in [5, 5.41) is 14.2. The number of anilines is 1. The van der Waals surface area contributed by atoms with Gasteiger partial charge in [-0.2, -0.15) is 8.78 Å². The molecule has 0 saturated heterocycles. The number of hydrogen-bond acceptors (Lipinski definition) is 3. The zero-order valence-electron chi connectivity index (χ0n) is 12.4. The van der Waals surface area contributed by atoms with Crippen molar-refractivity contribution < 1.29 is 23.4 Å². The molecule has 0 aliphatic heterocycles. The second-order valence-electron chi connectivity index (χ2n) is 5.04. The maximum atomic E-state index is 12.3. The highest BCUT2D eigenvalue weighted by molar-refractivity contribution is 6.10. The van der Waals surface area contributed by atoms with E-state index in [0.717, 1.165) is 5.39 Å². The van der Waals surface area contributed by atoms with Gasteiger partial charge in [0.05, 0.1) is 5.69 Å². The molecule has 1 amide bonds. The smallest absolute Gasteiger partial charge is 0.387 e. The number of benzene rings is 3. The topological polar surface area (TPSA) is 58.6 Å². The molecule has 0 radical (unpaired) electrons. The summed E-state index contributed by atoms with van der Waals surface area (Å²) in [6.07, 6.45) is 0. The Morgan fingerprint density at radius 1 is 1.00 bits per heavy atom. The van der Waals surface area contributed by atoms with Crippen LogP contribution in [0.25, 0.3) is 10.8 Å². The lowest BCUT2D eigenvalue weighted by Gasteiger charge is -2.11. The van der Waals surface area contributed by atoms with Crippen molar-refractivity contribution in [2.24, 2.45) is 0 Å². The molecule has 3 rings (SSSR count). The SMILES string of the molecule is O=C(Nc1c(O)ccc2ccccc12)c1ccc(OC(F)F)cc1. The van der Waals surface area contributed by atoms with Crippen LogP contribution in [0, 0.1) is 0 Å². The van der Waals surface area contributed by atoms with Gasteiger partial charge in [0.2, 0.25) is 0 Å². The number of alkyl halides is 2. The maximum absolute atomic E-state index is 12.3. The summed E-state index contributed by atoms with van der Waals surface area (Å²) >= 11 is 0. The van der Waals surface area contributed by atoms with Crippen LogP contribution in [0.2, 0.25) is 0 Å². The Hall–Kier alpha value is -3.15. The first-order chi connectivity index (χ1) is 11.5. The fraction of sp³-hybridized carbons (Fsp3) is 0.0556. The maximum Gasteiger partial charge on any atom is 0.387 e. The summed E-state index contributed by atoms with van der Waals surface area (Å²) in [4.78, 5) is 12.3. The van der Waals surface area contributed by atoms with Gasteiger partial charge in [-0.3, -0.25) is 4.79 Å². The Labute approximate surface area is 136 Å². The molecule has 6 heteroatoms. The number of amides is 1. The van der Waals surface area contributed by atoms with Crippen LogP contribution in [0.15, 0.2) is 60.7 Å². The average molecular weight is 329 g/mol. The van der Waals surface area contributed by atoms with Crippen molar-refractivity contribution in [1.82, 2.24) is 0 Å². The average Bonchev–Trinajstić information content (AvgIpc) is 2.57. The van der Waals surface area contributed by atoms with E-state index in [1.165, 1.54) is 30.3 Å². The molecule has 0 aliphatic carbocycles. The van der Waals surface area contributed by atoms with Crippen molar-refractivity contribution in [3.05, 3.63) is 66.2 Å². The molecule has 0 unspecified atom stereocenters. The van der Waals surface area contributed by atoms with Crippen LogP contribution in [0.5, 0.6) is 11.5 Å². The van der Waals surface area contributed by atoms with Gasteiger partial charge in [0, 0.05) is 10.9 Å². The highest BCUT2D eigenvalue weighted by Crippen LogP contribution is 2.32. The fourth-order valence-corrected chi connectivity index (χ4v) is 2.36. The Morgan fingerprint density at radius 2 is 1.71 bits per heavy atom. The summed E-state index contributed by atoms with van der Waals surface area (Å²) in [7, 11) is 0. The summed E-state index contributed by atoms with van der Waals surface area (Å²) in [5.41, 5.74) is 0.551. The third-order valence-corrected chi connectivity index (χ3v) is 3.49. The highest BCUT2D eigenvalue weighted by atomic mass is 19.3. The van der Waals surface area contributed by atoms with Crippen molar-refractivity contribution in [3.63, 3.8) is 0 Å². The minimum Gasteiger partial charge on any atom is -0.506 e. The predicted molar refractivity (Wildman–Crippen MR) is 86.6 cm³/mol. The Kier molecular flexibility index (Phi) is 4.29. The number of carbonyl (C=O) groups is 1. The van der Waals surface area contributed by atoms with E-state index < -0.39 is 12.5 Å². The number of carbonyl (C=O) groups excluding carboxylic acids is 1. The van der Waals surface area contributed by atoms with Crippen LogP contribution < -0.4 is 10.1 Å². The van der Waals surface area contributed by atoms with Gasteiger partial charge < -0.3 is 15.2 Å². The molecule has 3 aromatic rings. The number of aromatic hydroxyl groups is 1. The Bertz CT molecular complexity index is 879. The van der Waals surface area contributed by atoms with Gasteiger partial charge in [-0.1, -0.05) is 30.3 Å². The first-order valence-corrected chi connectivity index (χ1v) is 7.11. The van der Waals surface area contributed by atoms with Gasteiger partial charge in [-0.05, 0) is 35.7 Å². The van der Waals surface area contributed by atoms with Crippen molar-refractivity contribution >= 4 is 22.4 Å². The molecule has 0 spiro atoms. The molecule has 0 bridgehead atoms. The molecule has 0 atom stereocenters. The van der Waals surface area contributed by atoms with Crippen molar-refractivity contribution in [2.45, 2.75) is 6.61 Å². The molecule has 122 valence electrons. The Balaban J connectivity index is 1.86. The van der Waals surface area contributed by atoms with Crippen LogP contribution in [-0.4, -0.2) is 17.6 Å². The normalized spacial score (nSPS) is 10.8. The number of phenolic OH excluding ortho intramolecular Hbond substituents is 1. The molecule has 3 aromatic carbocycles. The number of rotatable bonds is 4. The summed E-state index contributed by atoms with van der Waals surface area (Å²) < 4.78 is 28.5. The monoisotopic (exact) mass is 329 g/mol. The lowest BCUT2D eigenvalue weighted by atomic mass is 10.1. The summed E-state index contributed by atoms with van der Waals surface area (Å²) in [6.45, 7) is -2.92. The standard InChI is InChI=1S/C18H13F2NO3/c19-18(20)24-13-8-5-12(6-9-13)17(23)21-16-14-4-2-1-3-11(14)7-10-15(16)22/h1-10,18,22H,(H,21,23).